The Balaban J connectivity index is 1.20. The number of para-hydroxylation sites is 1. The summed E-state index contributed by atoms with van der Waals surface area (Å²) < 4.78 is 13.1. The predicted octanol–water partition coefficient (Wildman–Crippen LogP) is 5.01. The van der Waals surface area contributed by atoms with Crippen LogP contribution in [0.25, 0.3) is 22.0 Å². The summed E-state index contributed by atoms with van der Waals surface area (Å²) in [5, 5.41) is 9.13. The zero-order chi connectivity index (χ0) is 38.8. The van der Waals surface area contributed by atoms with Crippen molar-refractivity contribution in [1.29, 1.82) is 5.53 Å². The van der Waals surface area contributed by atoms with Crippen LogP contribution in [-0.4, -0.2) is 76.1 Å². The minimum Gasteiger partial charge on any atom is -0.458 e. The Labute approximate surface area is 314 Å². The Morgan fingerprint density at radius 3 is 2.20 bits per heavy atom. The van der Waals surface area contributed by atoms with Crippen LogP contribution in [0.2, 0.25) is 0 Å². The minimum atomic E-state index is -1.20. The van der Waals surface area contributed by atoms with Crippen molar-refractivity contribution in [3.8, 4) is 11.1 Å². The molecule has 1 heterocycles. The highest BCUT2D eigenvalue weighted by Gasteiger charge is 2.32. The first-order valence-electron chi connectivity index (χ1n) is 18.0. The molecule has 0 spiro atoms. The van der Waals surface area contributed by atoms with Crippen molar-refractivity contribution in [2.45, 2.75) is 76.5 Å². The third-order valence-electron chi connectivity index (χ3n) is 9.14. The van der Waals surface area contributed by atoms with Gasteiger partial charge in [0.1, 0.15) is 24.3 Å². The molecule has 0 aliphatic heterocycles. The molecule has 0 radical (unpaired) electrons. The summed E-state index contributed by atoms with van der Waals surface area (Å²) in [6.07, 6.45) is 2.26. The van der Waals surface area contributed by atoms with Gasteiger partial charge < -0.3 is 30.0 Å². The molecule has 0 bridgehead atoms. The highest BCUT2D eigenvalue weighted by Crippen LogP contribution is 2.44. The van der Waals surface area contributed by atoms with E-state index in [-0.39, 0.29) is 51.2 Å². The number of Topliss-reactive ketones (excluding diaryl/α,β-unsaturated/α-hetero) is 1. The number of ketones is 1. The van der Waals surface area contributed by atoms with Crippen molar-refractivity contribution in [2.75, 3.05) is 13.2 Å². The van der Waals surface area contributed by atoms with Gasteiger partial charge in [0.2, 0.25) is 17.6 Å². The summed E-state index contributed by atoms with van der Waals surface area (Å²) in [6.45, 7) is 5.40. The second-order valence-electron chi connectivity index (χ2n) is 14.3. The van der Waals surface area contributed by atoms with E-state index in [0.717, 1.165) is 44.9 Å². The first kappa shape index (κ1) is 39.1. The van der Waals surface area contributed by atoms with Crippen LogP contribution in [0.1, 0.15) is 69.1 Å². The normalized spacial score (nSPS) is 13.1. The topological polar surface area (TPSA) is 183 Å². The molecule has 54 heavy (non-hydrogen) atoms. The third kappa shape index (κ3) is 10.1. The van der Waals surface area contributed by atoms with Gasteiger partial charge in [-0.15, -0.1) is 0 Å². The maximum atomic E-state index is 13.9. The number of amides is 3. The Hall–Kier alpha value is -6.07. The second kappa shape index (κ2) is 17.6. The summed E-state index contributed by atoms with van der Waals surface area (Å²) in [7, 11) is 1.89. The molecule has 1 aliphatic rings. The van der Waals surface area contributed by atoms with Crippen molar-refractivity contribution >= 4 is 46.8 Å². The zero-order valence-electron chi connectivity index (χ0n) is 31.0. The maximum Gasteiger partial charge on any atom is 0.407 e. The van der Waals surface area contributed by atoms with Gasteiger partial charge in [-0.25, -0.2) is 9.59 Å². The smallest absolute Gasteiger partial charge is 0.407 e. The molecular formula is C41H47N6O7+. The molecule has 0 saturated carbocycles. The monoisotopic (exact) mass is 735 g/mol. The molecule has 13 heteroatoms. The van der Waals surface area contributed by atoms with E-state index in [9.17, 15) is 24.0 Å². The molecule has 2 atom stereocenters. The fraction of sp³-hybridized carbons (Fsp3) is 0.366. The Morgan fingerprint density at radius 2 is 1.54 bits per heavy atom. The fourth-order valence-corrected chi connectivity index (χ4v) is 6.69. The van der Waals surface area contributed by atoms with Crippen LogP contribution in [0.15, 0.2) is 79.0 Å². The van der Waals surface area contributed by atoms with Crippen LogP contribution in [0, 0.1) is 5.53 Å². The van der Waals surface area contributed by atoms with Gasteiger partial charge in [-0.3, -0.25) is 14.4 Å². The lowest BCUT2D eigenvalue weighted by molar-refractivity contribution is -0.159. The molecule has 0 unspecified atom stereocenters. The minimum absolute atomic E-state index is 0.000567. The number of aryl methyl sites for hydroxylation is 1. The molecule has 13 nitrogen and oxygen atoms in total. The fourth-order valence-electron chi connectivity index (χ4n) is 6.69. The van der Waals surface area contributed by atoms with Crippen LogP contribution in [-0.2, 0) is 42.1 Å². The number of carbonyl (C=O) groups excluding carboxylic acids is 5. The molecule has 3 aromatic carbocycles. The number of hydrogen-bond acceptors (Lipinski definition) is 8. The van der Waals surface area contributed by atoms with E-state index in [1.54, 1.807) is 20.8 Å². The van der Waals surface area contributed by atoms with Crippen molar-refractivity contribution in [3.05, 3.63) is 95.7 Å². The first-order valence-corrected chi connectivity index (χ1v) is 18.0. The van der Waals surface area contributed by atoms with Gasteiger partial charge in [0, 0.05) is 55.9 Å². The van der Waals surface area contributed by atoms with Gasteiger partial charge in [0.05, 0.1) is 10.3 Å². The van der Waals surface area contributed by atoms with Crippen molar-refractivity contribution in [2.24, 2.45) is 7.05 Å². The van der Waals surface area contributed by atoms with Crippen LogP contribution >= 0.6 is 0 Å². The number of nitrogens with zero attached hydrogens (tertiary/aromatic N) is 2. The molecule has 1 aromatic heterocycles. The lowest BCUT2D eigenvalue weighted by Crippen LogP contribution is -2.53. The van der Waals surface area contributed by atoms with Gasteiger partial charge >= 0.3 is 18.3 Å². The third-order valence-corrected chi connectivity index (χ3v) is 9.14. The standard InChI is InChI=1S/C41H46N6O7/c1-41(2,3)54-39(51)34(20-19-27(48)23-44-42)46-38(50)35(22-26-24-47(4)36-17-10-9-12-28(26)36)45-37(49)18-11-21-43-40(52)53-25-33-31-15-7-5-13-29(31)30-14-6-8-16-32(30)33/h5-10,12-17,23-24,33-35,42H,11,18-22,25H2,1-4H3,(H2-,43,45,46,49,50,52)/p+1/t34-,35-/m0/s1. The van der Waals surface area contributed by atoms with E-state index in [1.165, 1.54) is 0 Å². The lowest BCUT2D eigenvalue weighted by atomic mass is 9.98. The van der Waals surface area contributed by atoms with Gasteiger partial charge in [0.25, 0.3) is 0 Å². The van der Waals surface area contributed by atoms with E-state index in [1.807, 2.05) is 78.5 Å². The number of rotatable bonds is 16. The summed E-state index contributed by atoms with van der Waals surface area (Å²) in [5.41, 5.74) is 12.3. The van der Waals surface area contributed by atoms with Crippen LogP contribution in [0.4, 0.5) is 4.79 Å². The average molecular weight is 736 g/mol. The quantitative estimate of drug-likeness (QED) is 0.0410. The lowest BCUT2D eigenvalue weighted by Gasteiger charge is -2.26. The molecule has 0 saturated heterocycles. The molecule has 4 aromatic rings. The Bertz CT molecular complexity index is 2030. The number of esters is 1. The van der Waals surface area contributed by atoms with E-state index in [4.69, 9.17) is 15.0 Å². The number of benzene rings is 3. The van der Waals surface area contributed by atoms with Gasteiger partial charge in [-0.1, -0.05) is 66.7 Å². The molecule has 0 fully saturated rings. The molecule has 5 rings (SSSR count). The van der Waals surface area contributed by atoms with Gasteiger partial charge in [-0.2, -0.15) is 0 Å². The first-order chi connectivity index (χ1) is 25.8. The van der Waals surface area contributed by atoms with Crippen molar-refractivity contribution in [3.63, 3.8) is 0 Å². The Morgan fingerprint density at radius 1 is 0.889 bits per heavy atom. The predicted molar refractivity (Wildman–Crippen MR) is 202 cm³/mol. The molecule has 282 valence electrons. The molecule has 3 amide bonds. The number of hydrogen-bond donors (Lipinski definition) is 4. The van der Waals surface area contributed by atoms with E-state index < -0.39 is 47.3 Å². The van der Waals surface area contributed by atoms with E-state index in [0.29, 0.717) is 0 Å². The Kier molecular flexibility index (Phi) is 12.8. The molecule has 1 aliphatic carbocycles. The van der Waals surface area contributed by atoms with Crippen LogP contribution in [0.5, 0.6) is 0 Å². The van der Waals surface area contributed by atoms with E-state index in [2.05, 4.69) is 32.9 Å². The number of nitrogens with one attached hydrogen (secondary N) is 4. The van der Waals surface area contributed by atoms with Crippen LogP contribution < -0.4 is 16.0 Å². The highest BCUT2D eigenvalue weighted by atomic mass is 16.6. The number of aromatic nitrogens is 1. The van der Waals surface area contributed by atoms with Crippen molar-refractivity contribution < 1.29 is 38.2 Å². The number of fused-ring (bicyclic) bond motifs is 4. The number of ether oxygens (including phenoxy) is 2. The summed E-state index contributed by atoms with van der Waals surface area (Å²) in [4.78, 5) is 68.1. The van der Waals surface area contributed by atoms with Gasteiger partial charge in [-0.05, 0) is 67.5 Å². The number of alkyl carbamates (subject to hydrolysis) is 1. The summed E-state index contributed by atoms with van der Waals surface area (Å²) >= 11 is 0. The summed E-state index contributed by atoms with van der Waals surface area (Å²) in [5.74, 6) is -2.36. The number of carbonyl (C=O) groups is 5. The van der Waals surface area contributed by atoms with E-state index >= 15 is 0 Å². The highest BCUT2D eigenvalue weighted by molar-refractivity contribution is 6.25. The average Bonchev–Trinajstić information content (AvgIpc) is 3.63. The van der Waals surface area contributed by atoms with Crippen molar-refractivity contribution in [1.82, 2.24) is 20.5 Å². The molecular weight excluding hydrogens is 688 g/mol. The maximum absolute atomic E-state index is 13.9. The zero-order valence-corrected chi connectivity index (χ0v) is 31.0. The second-order valence-corrected chi connectivity index (χ2v) is 14.3. The summed E-state index contributed by atoms with van der Waals surface area (Å²) in [6, 6.07) is 21.5. The SMILES string of the molecule is Cn1cc(C[C@H](NC(=O)CCCNC(=O)OCC2c3ccccc3-c3ccccc32)C(=O)N[C@@H](CCC(=O)C=[N+]=N)C(=O)OC(C)(C)C)c2ccccc21. The van der Waals surface area contributed by atoms with Gasteiger partial charge in [0.15, 0.2) is 0 Å². The largest absolute Gasteiger partial charge is 0.458 e. The van der Waals surface area contributed by atoms with Crippen LogP contribution in [0.3, 0.4) is 0 Å². The molecule has 4 N–H and O–H groups in total.